The molecule has 1 saturated carbocycles. The first-order valence-electron chi connectivity index (χ1n) is 8.25. The van der Waals surface area contributed by atoms with Gasteiger partial charge in [-0.05, 0) is 55.7 Å². The fourth-order valence-corrected chi connectivity index (χ4v) is 4.01. The van der Waals surface area contributed by atoms with Gasteiger partial charge in [-0.15, -0.1) is 0 Å². The molecule has 1 saturated heterocycles. The van der Waals surface area contributed by atoms with E-state index in [0.717, 1.165) is 25.0 Å². The second kappa shape index (κ2) is 6.05. The number of hydrogen-bond acceptors (Lipinski definition) is 2. The van der Waals surface area contributed by atoms with Crippen molar-refractivity contribution < 1.29 is 9.13 Å². The molecule has 1 spiro atoms. The van der Waals surface area contributed by atoms with E-state index in [-0.39, 0.29) is 17.5 Å². The lowest BCUT2D eigenvalue weighted by atomic mass is 9.73. The third-order valence-electron chi connectivity index (χ3n) is 5.38. The molecule has 2 N–H and O–H groups in total. The van der Waals surface area contributed by atoms with E-state index < -0.39 is 0 Å². The number of benzene rings is 1. The molecule has 116 valence electrons. The third-order valence-corrected chi connectivity index (χ3v) is 5.38. The second-order valence-electron chi connectivity index (χ2n) is 6.88. The van der Waals surface area contributed by atoms with Crippen LogP contribution in [0.2, 0.25) is 0 Å². The average Bonchev–Trinajstić information content (AvgIpc) is 2.50. The van der Waals surface area contributed by atoms with Crippen molar-refractivity contribution >= 4 is 0 Å². The van der Waals surface area contributed by atoms with Crippen LogP contribution >= 0.6 is 0 Å². The van der Waals surface area contributed by atoms with Crippen LogP contribution in [0.4, 0.5) is 4.39 Å². The van der Waals surface area contributed by atoms with E-state index in [1.165, 1.54) is 32.1 Å². The summed E-state index contributed by atoms with van der Waals surface area (Å²) < 4.78 is 19.9. The summed E-state index contributed by atoms with van der Waals surface area (Å²) in [7, 11) is 0. The van der Waals surface area contributed by atoms with E-state index >= 15 is 0 Å². The normalized spacial score (nSPS) is 26.7. The van der Waals surface area contributed by atoms with Crippen molar-refractivity contribution in [2.75, 3.05) is 6.61 Å². The molecule has 3 heteroatoms. The Hall–Kier alpha value is -0.930. The second-order valence-corrected chi connectivity index (χ2v) is 6.88. The number of rotatable bonds is 2. The number of ether oxygens (including phenoxy) is 1. The van der Waals surface area contributed by atoms with E-state index in [2.05, 4.69) is 0 Å². The zero-order chi connectivity index (χ0) is 14.9. The van der Waals surface area contributed by atoms with Crippen LogP contribution in [0.5, 0.6) is 0 Å². The molecule has 2 atom stereocenters. The van der Waals surface area contributed by atoms with Gasteiger partial charge in [0.2, 0.25) is 0 Å². The predicted octanol–water partition coefficient (Wildman–Crippen LogP) is 4.26. The minimum Gasteiger partial charge on any atom is -0.375 e. The SMILES string of the molecule is Cc1ccc(C(N)C2CCOC3(CCCCC3)C2)cc1F. The number of halogens is 1. The summed E-state index contributed by atoms with van der Waals surface area (Å²) in [5.41, 5.74) is 8.12. The average molecular weight is 291 g/mol. The van der Waals surface area contributed by atoms with Crippen molar-refractivity contribution in [1.29, 1.82) is 0 Å². The Balaban J connectivity index is 1.74. The Morgan fingerprint density at radius 1 is 1.29 bits per heavy atom. The minimum atomic E-state index is -0.151. The highest BCUT2D eigenvalue weighted by Gasteiger charge is 2.40. The van der Waals surface area contributed by atoms with Crippen molar-refractivity contribution in [1.82, 2.24) is 0 Å². The molecule has 21 heavy (non-hydrogen) atoms. The first-order valence-corrected chi connectivity index (χ1v) is 8.25. The van der Waals surface area contributed by atoms with Crippen molar-refractivity contribution in [2.45, 2.75) is 63.5 Å². The number of nitrogens with two attached hydrogens (primary N) is 1. The van der Waals surface area contributed by atoms with E-state index in [1.54, 1.807) is 13.0 Å². The van der Waals surface area contributed by atoms with Crippen LogP contribution in [-0.2, 0) is 4.74 Å². The molecule has 2 aliphatic rings. The van der Waals surface area contributed by atoms with Gasteiger partial charge >= 0.3 is 0 Å². The number of aryl methyl sites for hydroxylation is 1. The predicted molar refractivity (Wildman–Crippen MR) is 82.6 cm³/mol. The van der Waals surface area contributed by atoms with Gasteiger partial charge in [-0.2, -0.15) is 0 Å². The first kappa shape index (κ1) is 15.0. The molecule has 0 aromatic heterocycles. The Bertz CT molecular complexity index is 490. The van der Waals surface area contributed by atoms with Crippen LogP contribution < -0.4 is 5.73 Å². The van der Waals surface area contributed by atoms with Gasteiger partial charge < -0.3 is 10.5 Å². The largest absolute Gasteiger partial charge is 0.375 e. The fraction of sp³-hybridized carbons (Fsp3) is 0.667. The highest BCUT2D eigenvalue weighted by atomic mass is 19.1. The zero-order valence-corrected chi connectivity index (χ0v) is 12.9. The summed E-state index contributed by atoms with van der Waals surface area (Å²) in [6, 6.07) is 5.35. The highest BCUT2D eigenvalue weighted by Crippen LogP contribution is 2.43. The lowest BCUT2D eigenvalue weighted by molar-refractivity contribution is -0.120. The summed E-state index contributed by atoms with van der Waals surface area (Å²) in [6.07, 6.45) is 8.20. The molecule has 1 aromatic carbocycles. The van der Waals surface area contributed by atoms with Gasteiger partial charge in [0.05, 0.1) is 5.60 Å². The molecule has 2 unspecified atom stereocenters. The van der Waals surface area contributed by atoms with Crippen LogP contribution in [-0.4, -0.2) is 12.2 Å². The van der Waals surface area contributed by atoms with Crippen LogP contribution in [0.15, 0.2) is 18.2 Å². The molecule has 1 aliphatic carbocycles. The molecule has 0 bridgehead atoms. The van der Waals surface area contributed by atoms with Gasteiger partial charge in [0, 0.05) is 12.6 Å². The lowest BCUT2D eigenvalue weighted by Gasteiger charge is -2.45. The maximum Gasteiger partial charge on any atom is 0.126 e. The van der Waals surface area contributed by atoms with Crippen LogP contribution in [0.1, 0.15) is 62.1 Å². The summed E-state index contributed by atoms with van der Waals surface area (Å²) in [5.74, 6) is 0.251. The molecular weight excluding hydrogens is 265 g/mol. The topological polar surface area (TPSA) is 35.2 Å². The molecule has 3 rings (SSSR count). The summed E-state index contributed by atoms with van der Waals surface area (Å²) in [6.45, 7) is 2.59. The van der Waals surface area contributed by atoms with Crippen LogP contribution in [0.3, 0.4) is 0 Å². The quantitative estimate of drug-likeness (QED) is 0.883. The molecule has 0 radical (unpaired) electrons. The molecule has 2 fully saturated rings. The lowest BCUT2D eigenvalue weighted by Crippen LogP contribution is -2.44. The third kappa shape index (κ3) is 3.14. The van der Waals surface area contributed by atoms with Gasteiger partial charge in [-0.3, -0.25) is 0 Å². The Morgan fingerprint density at radius 3 is 2.76 bits per heavy atom. The van der Waals surface area contributed by atoms with Crippen molar-refractivity contribution in [3.05, 3.63) is 35.1 Å². The number of hydrogen-bond donors (Lipinski definition) is 1. The molecule has 1 aromatic rings. The maximum atomic E-state index is 13.8. The smallest absolute Gasteiger partial charge is 0.126 e. The van der Waals surface area contributed by atoms with Gasteiger partial charge in [0.1, 0.15) is 5.82 Å². The molecule has 1 heterocycles. The van der Waals surface area contributed by atoms with E-state index in [0.29, 0.717) is 11.5 Å². The van der Waals surface area contributed by atoms with E-state index in [4.69, 9.17) is 10.5 Å². The van der Waals surface area contributed by atoms with Gasteiger partial charge in [-0.1, -0.05) is 31.4 Å². The Kier molecular flexibility index (Phi) is 4.32. The van der Waals surface area contributed by atoms with Gasteiger partial charge in [0.15, 0.2) is 0 Å². The Labute approximate surface area is 126 Å². The van der Waals surface area contributed by atoms with E-state index in [9.17, 15) is 4.39 Å². The van der Waals surface area contributed by atoms with Gasteiger partial charge in [-0.25, -0.2) is 4.39 Å². The monoisotopic (exact) mass is 291 g/mol. The maximum absolute atomic E-state index is 13.8. The van der Waals surface area contributed by atoms with Crippen LogP contribution in [0.25, 0.3) is 0 Å². The minimum absolute atomic E-state index is 0.0576. The van der Waals surface area contributed by atoms with Crippen LogP contribution in [0, 0.1) is 18.7 Å². The summed E-state index contributed by atoms with van der Waals surface area (Å²) in [5, 5.41) is 0. The van der Waals surface area contributed by atoms with Crippen molar-refractivity contribution in [2.24, 2.45) is 11.7 Å². The first-order chi connectivity index (χ1) is 10.1. The molecule has 0 amide bonds. The molecule has 1 aliphatic heterocycles. The van der Waals surface area contributed by atoms with E-state index in [1.807, 2.05) is 12.1 Å². The molecular formula is C18H26FNO. The van der Waals surface area contributed by atoms with Gasteiger partial charge in [0.25, 0.3) is 0 Å². The summed E-state index contributed by atoms with van der Waals surface area (Å²) >= 11 is 0. The highest BCUT2D eigenvalue weighted by molar-refractivity contribution is 5.26. The Morgan fingerprint density at radius 2 is 2.05 bits per heavy atom. The standard InChI is InChI=1S/C18H26FNO/c1-13-5-6-14(11-16(13)19)17(20)15-7-10-21-18(12-15)8-3-2-4-9-18/h5-6,11,15,17H,2-4,7-10,12,20H2,1H3. The fourth-order valence-electron chi connectivity index (χ4n) is 4.01. The van der Waals surface area contributed by atoms with Crippen molar-refractivity contribution in [3.8, 4) is 0 Å². The summed E-state index contributed by atoms with van der Waals surface area (Å²) in [4.78, 5) is 0. The van der Waals surface area contributed by atoms with Crippen molar-refractivity contribution in [3.63, 3.8) is 0 Å². The molecule has 2 nitrogen and oxygen atoms in total. The zero-order valence-electron chi connectivity index (χ0n) is 12.9.